The van der Waals surface area contributed by atoms with Gasteiger partial charge in [-0.3, -0.25) is 9.59 Å². The van der Waals surface area contributed by atoms with E-state index in [1.54, 1.807) is 95.7 Å². The zero-order valence-electron chi connectivity index (χ0n) is 35.1. The molecule has 0 aliphatic carbocycles. The molecule has 0 saturated heterocycles. The Balaban J connectivity index is 0.726. The molecule has 3 heterocycles. The first-order chi connectivity index (χ1) is 31.4. The zero-order valence-corrected chi connectivity index (χ0v) is 35.1. The Kier molecular flexibility index (Phi) is 14.2. The molecule has 8 aromatic rings. The average molecular weight is 864 g/mol. The number of fused-ring (bicyclic) bond motifs is 2. The van der Waals surface area contributed by atoms with Crippen LogP contribution >= 0.6 is 0 Å². The van der Waals surface area contributed by atoms with Crippen molar-refractivity contribution in [2.45, 2.75) is 26.0 Å². The van der Waals surface area contributed by atoms with Crippen LogP contribution in [0, 0.1) is 0 Å². The van der Waals surface area contributed by atoms with Gasteiger partial charge in [0.1, 0.15) is 41.6 Å². The van der Waals surface area contributed by atoms with E-state index in [0.717, 1.165) is 17.7 Å². The van der Waals surface area contributed by atoms with E-state index < -0.39 is 5.97 Å². The highest BCUT2D eigenvalue weighted by Gasteiger charge is 2.19. The second-order valence-corrected chi connectivity index (χ2v) is 14.6. The van der Waals surface area contributed by atoms with E-state index in [1.165, 1.54) is 13.2 Å². The van der Waals surface area contributed by atoms with Gasteiger partial charge < -0.3 is 37.3 Å². The summed E-state index contributed by atoms with van der Waals surface area (Å²) in [5.74, 6) is 1.64. The number of aromatic nitrogens is 3. The standard InChI is InChI=1S/C50H45N3O11/c1-57-50(56)37-12-7-9-34(29-37)33-62-49-47(55)42-14-5-6-15-44(42)64-48(49)36-16-18-39(19-17-36)61-28-27-59-26-25-58-24-22-53-32-38(51-52-53)13-8-23-60-40-20-21-41-43(54)31-45(63-46(41)30-40)35-10-3-2-4-11-35/h2-7,9-12,14-21,29-32H,8,13,22-28,33H2,1H3. The summed E-state index contributed by atoms with van der Waals surface area (Å²) in [6.45, 7) is 3.01. The number of hydrogen-bond donors (Lipinski definition) is 0. The van der Waals surface area contributed by atoms with Gasteiger partial charge in [0.05, 0.1) is 68.7 Å². The molecule has 0 fully saturated rings. The molecular weight excluding hydrogens is 819 g/mol. The fraction of sp³-hybridized carbons (Fsp3) is 0.220. The van der Waals surface area contributed by atoms with Crippen molar-refractivity contribution in [3.8, 4) is 39.9 Å². The van der Waals surface area contributed by atoms with Crippen molar-refractivity contribution in [1.29, 1.82) is 0 Å². The first-order valence-electron chi connectivity index (χ1n) is 20.8. The van der Waals surface area contributed by atoms with E-state index in [4.69, 9.17) is 37.3 Å². The average Bonchev–Trinajstić information content (AvgIpc) is 3.79. The van der Waals surface area contributed by atoms with Crippen molar-refractivity contribution in [3.63, 3.8) is 0 Å². The molecule has 0 atom stereocenters. The van der Waals surface area contributed by atoms with Crippen molar-refractivity contribution in [1.82, 2.24) is 15.0 Å². The highest BCUT2D eigenvalue weighted by molar-refractivity contribution is 5.89. The van der Waals surface area contributed by atoms with E-state index in [2.05, 4.69) is 10.3 Å². The molecule has 0 unspecified atom stereocenters. The molecule has 0 N–H and O–H groups in total. The molecule has 0 radical (unpaired) electrons. The molecule has 0 amide bonds. The molecule has 8 rings (SSSR count). The summed E-state index contributed by atoms with van der Waals surface area (Å²) in [5.41, 5.74) is 3.90. The fourth-order valence-electron chi connectivity index (χ4n) is 6.88. The quantitative estimate of drug-likeness (QED) is 0.0501. The summed E-state index contributed by atoms with van der Waals surface area (Å²) in [7, 11) is 1.32. The van der Waals surface area contributed by atoms with E-state index >= 15 is 0 Å². The Labute approximate surface area is 367 Å². The van der Waals surface area contributed by atoms with Gasteiger partial charge in [-0.2, -0.15) is 0 Å². The van der Waals surface area contributed by atoms with Gasteiger partial charge >= 0.3 is 5.97 Å². The van der Waals surface area contributed by atoms with Gasteiger partial charge in [0.2, 0.25) is 11.2 Å². The van der Waals surface area contributed by atoms with Crippen LogP contribution in [0.1, 0.15) is 28.0 Å². The summed E-state index contributed by atoms with van der Waals surface area (Å²) >= 11 is 0. The lowest BCUT2D eigenvalue weighted by molar-refractivity contribution is 0.0333. The topological polar surface area (TPSA) is 164 Å². The van der Waals surface area contributed by atoms with E-state index in [0.29, 0.717) is 108 Å². The number of methoxy groups -OCH3 is 1. The number of esters is 1. The molecule has 3 aromatic heterocycles. The van der Waals surface area contributed by atoms with E-state index in [-0.39, 0.29) is 29.0 Å². The molecule has 14 nitrogen and oxygen atoms in total. The summed E-state index contributed by atoms with van der Waals surface area (Å²) in [5, 5.41) is 9.37. The third-order valence-corrected chi connectivity index (χ3v) is 10.1. The van der Waals surface area contributed by atoms with Crippen LogP contribution in [0.25, 0.3) is 44.6 Å². The number of carbonyl (C=O) groups is 1. The minimum Gasteiger partial charge on any atom is -0.493 e. The molecule has 0 aliphatic heterocycles. The number of para-hydroxylation sites is 1. The minimum absolute atomic E-state index is 0.0328. The Morgan fingerprint density at radius 3 is 2.27 bits per heavy atom. The lowest BCUT2D eigenvalue weighted by Gasteiger charge is -2.13. The minimum atomic E-state index is -0.463. The van der Waals surface area contributed by atoms with Gasteiger partial charge in [-0.15, -0.1) is 5.10 Å². The van der Waals surface area contributed by atoms with Crippen LogP contribution in [-0.2, 0) is 33.8 Å². The second-order valence-electron chi connectivity index (χ2n) is 14.6. The first kappa shape index (κ1) is 43.1. The predicted octanol–water partition coefficient (Wildman–Crippen LogP) is 8.31. The maximum atomic E-state index is 13.6. The van der Waals surface area contributed by atoms with Crippen molar-refractivity contribution in [3.05, 3.63) is 171 Å². The molecule has 326 valence electrons. The number of ether oxygens (including phenoxy) is 6. The third-order valence-electron chi connectivity index (χ3n) is 10.1. The smallest absolute Gasteiger partial charge is 0.337 e. The number of carbonyl (C=O) groups excluding carboxylic acids is 1. The molecule has 0 spiro atoms. The number of aryl methyl sites for hydroxylation is 1. The van der Waals surface area contributed by atoms with Gasteiger partial charge in [0.15, 0.2) is 11.2 Å². The Hall–Kier alpha value is -7.55. The predicted molar refractivity (Wildman–Crippen MR) is 239 cm³/mol. The maximum absolute atomic E-state index is 13.6. The number of nitrogens with zero attached hydrogens (tertiary/aromatic N) is 3. The maximum Gasteiger partial charge on any atom is 0.337 e. The molecule has 0 bridgehead atoms. The lowest BCUT2D eigenvalue weighted by Crippen LogP contribution is -2.13. The fourth-order valence-corrected chi connectivity index (χ4v) is 6.88. The van der Waals surface area contributed by atoms with Crippen LogP contribution in [0.5, 0.6) is 17.2 Å². The van der Waals surface area contributed by atoms with Gasteiger partial charge in [-0.1, -0.05) is 59.8 Å². The number of benzene rings is 5. The van der Waals surface area contributed by atoms with E-state index in [9.17, 15) is 14.4 Å². The molecule has 0 aliphatic rings. The van der Waals surface area contributed by atoms with Crippen LogP contribution in [0.3, 0.4) is 0 Å². The zero-order chi connectivity index (χ0) is 44.1. The van der Waals surface area contributed by atoms with Crippen molar-refractivity contribution < 1.29 is 42.1 Å². The van der Waals surface area contributed by atoms with Crippen LogP contribution in [0.15, 0.2) is 152 Å². The van der Waals surface area contributed by atoms with E-state index in [1.807, 2.05) is 36.5 Å². The molecular formula is C50H45N3O11. The largest absolute Gasteiger partial charge is 0.493 e. The van der Waals surface area contributed by atoms with Crippen molar-refractivity contribution >= 4 is 27.9 Å². The summed E-state index contributed by atoms with van der Waals surface area (Å²) < 4.78 is 48.2. The van der Waals surface area contributed by atoms with Crippen molar-refractivity contribution in [2.24, 2.45) is 0 Å². The van der Waals surface area contributed by atoms with Gasteiger partial charge in [-0.25, -0.2) is 9.48 Å². The Morgan fingerprint density at radius 1 is 0.656 bits per heavy atom. The summed E-state index contributed by atoms with van der Waals surface area (Å²) in [6, 6.07) is 37.3. The molecule has 5 aromatic carbocycles. The molecule has 14 heteroatoms. The van der Waals surface area contributed by atoms with Crippen LogP contribution < -0.4 is 25.1 Å². The number of hydrogen-bond acceptors (Lipinski definition) is 13. The normalized spacial score (nSPS) is 11.2. The Bertz CT molecular complexity index is 2940. The summed E-state index contributed by atoms with van der Waals surface area (Å²) in [6.07, 6.45) is 3.32. The van der Waals surface area contributed by atoms with Gasteiger partial charge in [0, 0.05) is 29.5 Å². The Morgan fingerprint density at radius 2 is 1.42 bits per heavy atom. The van der Waals surface area contributed by atoms with Gasteiger partial charge in [-0.05, 0) is 79.1 Å². The third kappa shape index (κ3) is 10.9. The lowest BCUT2D eigenvalue weighted by atomic mass is 10.1. The molecule has 64 heavy (non-hydrogen) atoms. The highest BCUT2D eigenvalue weighted by atomic mass is 16.5. The SMILES string of the molecule is COC(=O)c1cccc(COc2c(-c3ccc(OCCOCCOCCn4cc(CCCOc5ccc6c(=O)cc(-c7ccccc7)oc6c5)nn4)cc3)oc3ccccc3c2=O)c1. The van der Waals surface area contributed by atoms with Gasteiger partial charge in [0.25, 0.3) is 0 Å². The first-order valence-corrected chi connectivity index (χ1v) is 20.8. The molecule has 0 saturated carbocycles. The van der Waals surface area contributed by atoms with Crippen molar-refractivity contribution in [2.75, 3.05) is 46.8 Å². The van der Waals surface area contributed by atoms with Crippen LogP contribution in [-0.4, -0.2) is 67.7 Å². The number of rotatable bonds is 21. The van der Waals surface area contributed by atoms with Crippen LogP contribution in [0.4, 0.5) is 0 Å². The van der Waals surface area contributed by atoms with Crippen LogP contribution in [0.2, 0.25) is 0 Å². The second kappa shape index (κ2) is 21.0. The monoisotopic (exact) mass is 863 g/mol. The highest BCUT2D eigenvalue weighted by Crippen LogP contribution is 2.33. The summed E-state index contributed by atoms with van der Waals surface area (Å²) in [4.78, 5) is 38.3.